The van der Waals surface area contributed by atoms with Crippen molar-refractivity contribution in [3.63, 3.8) is 0 Å². The van der Waals surface area contributed by atoms with Gasteiger partial charge >= 0.3 is 0 Å². The minimum absolute atomic E-state index is 0.250. The van der Waals surface area contributed by atoms with E-state index in [0.717, 1.165) is 6.33 Å². The van der Waals surface area contributed by atoms with Gasteiger partial charge in [-0.3, -0.25) is 0 Å². The number of nitrogens with zero attached hydrogens (tertiary/aromatic N) is 3. The third-order valence-electron chi connectivity index (χ3n) is 0.538. The quantitative estimate of drug-likeness (QED) is 0.522. The topological polar surface area (TPSA) is 38.7 Å². The molecule has 0 radical (unpaired) electrons. The van der Waals surface area contributed by atoms with E-state index in [4.69, 9.17) is 11.6 Å². The van der Waals surface area contributed by atoms with E-state index in [1.807, 2.05) is 0 Å². The first-order valence-corrected chi connectivity index (χ1v) is 2.17. The third kappa shape index (κ3) is 0.894. The van der Waals surface area contributed by atoms with Crippen LogP contribution in [0.2, 0.25) is 5.15 Å². The second-order valence-electron chi connectivity index (χ2n) is 1.04. The van der Waals surface area contributed by atoms with Gasteiger partial charge in [0, 0.05) is 0 Å². The van der Waals surface area contributed by atoms with Crippen LogP contribution in [0.15, 0.2) is 6.33 Å². The van der Waals surface area contributed by atoms with Crippen LogP contribution in [0.25, 0.3) is 0 Å². The zero-order chi connectivity index (χ0) is 5.98. The highest BCUT2D eigenvalue weighted by Gasteiger charge is 1.96. The fourth-order valence-electron chi connectivity index (χ4n) is 0.248. The molecule has 0 amide bonds. The zero-order valence-corrected chi connectivity index (χ0v) is 4.43. The van der Waals surface area contributed by atoms with Crippen molar-refractivity contribution < 1.29 is 4.39 Å². The van der Waals surface area contributed by atoms with Crippen molar-refractivity contribution in [2.45, 2.75) is 0 Å². The van der Waals surface area contributed by atoms with Gasteiger partial charge < -0.3 is 0 Å². The molecule has 0 aliphatic heterocycles. The zero-order valence-electron chi connectivity index (χ0n) is 3.67. The Balaban J connectivity index is 3.13. The van der Waals surface area contributed by atoms with Crippen LogP contribution in [0.4, 0.5) is 4.39 Å². The van der Waals surface area contributed by atoms with E-state index < -0.39 is 5.95 Å². The molecule has 0 saturated heterocycles. The van der Waals surface area contributed by atoms with Crippen LogP contribution in [0, 0.1) is 5.95 Å². The van der Waals surface area contributed by atoms with Crippen molar-refractivity contribution in [1.82, 2.24) is 15.2 Å². The van der Waals surface area contributed by atoms with Crippen LogP contribution in [-0.2, 0) is 0 Å². The second-order valence-corrected chi connectivity index (χ2v) is 1.40. The van der Waals surface area contributed by atoms with Gasteiger partial charge in [0.2, 0.25) is 0 Å². The van der Waals surface area contributed by atoms with Crippen LogP contribution < -0.4 is 0 Å². The number of hydrogen-bond donors (Lipinski definition) is 0. The summed E-state index contributed by atoms with van der Waals surface area (Å²) < 4.78 is 12.0. The molecule has 1 heterocycles. The molecule has 0 N–H and O–H groups in total. The lowest BCUT2D eigenvalue weighted by Crippen LogP contribution is -1.89. The smallest absolute Gasteiger partial charge is 0.218 e. The van der Waals surface area contributed by atoms with Crippen molar-refractivity contribution in [2.24, 2.45) is 0 Å². The minimum atomic E-state index is -0.839. The van der Waals surface area contributed by atoms with Crippen molar-refractivity contribution in [3.05, 3.63) is 17.4 Å². The van der Waals surface area contributed by atoms with Crippen LogP contribution >= 0.6 is 11.6 Å². The van der Waals surface area contributed by atoms with Crippen molar-refractivity contribution >= 4 is 11.6 Å². The Bertz CT molecular complexity index is 171. The van der Waals surface area contributed by atoms with Gasteiger partial charge in [0.15, 0.2) is 5.15 Å². The monoisotopic (exact) mass is 133 g/mol. The highest BCUT2D eigenvalue weighted by atomic mass is 35.5. The molecule has 42 valence electrons. The molecule has 0 aliphatic rings. The van der Waals surface area contributed by atoms with Gasteiger partial charge in [0.25, 0.3) is 5.95 Å². The molecular formula is C3HClFN3. The fraction of sp³-hybridized carbons (Fsp3) is 0. The van der Waals surface area contributed by atoms with Crippen LogP contribution in [0.5, 0.6) is 0 Å². The molecule has 0 spiro atoms. The number of aromatic nitrogens is 3. The van der Waals surface area contributed by atoms with E-state index in [1.165, 1.54) is 0 Å². The van der Waals surface area contributed by atoms with E-state index in [0.29, 0.717) is 0 Å². The summed E-state index contributed by atoms with van der Waals surface area (Å²) in [5.74, 6) is -0.839. The molecule has 3 nitrogen and oxygen atoms in total. The summed E-state index contributed by atoms with van der Waals surface area (Å²) in [4.78, 5) is 3.30. The van der Waals surface area contributed by atoms with Crippen molar-refractivity contribution in [3.8, 4) is 0 Å². The minimum Gasteiger partial charge on any atom is -0.218 e. The average molecular weight is 134 g/mol. The number of halogens is 2. The van der Waals surface area contributed by atoms with Gasteiger partial charge in [-0.25, -0.2) is 4.98 Å². The first-order valence-electron chi connectivity index (χ1n) is 1.79. The highest BCUT2D eigenvalue weighted by Crippen LogP contribution is 2.02. The Morgan fingerprint density at radius 2 is 2.38 bits per heavy atom. The van der Waals surface area contributed by atoms with Crippen LogP contribution in [0.1, 0.15) is 0 Å². The molecule has 0 saturated carbocycles. The lowest BCUT2D eigenvalue weighted by molar-refractivity contribution is 0.554. The summed E-state index contributed by atoms with van der Waals surface area (Å²) in [6, 6.07) is 0. The van der Waals surface area contributed by atoms with E-state index in [1.54, 1.807) is 0 Å². The standard InChI is InChI=1S/C3HClFN3/c4-2-3(5)8-7-1-6-2/h1H. The Morgan fingerprint density at radius 3 is 2.75 bits per heavy atom. The molecule has 1 aromatic rings. The largest absolute Gasteiger partial charge is 0.270 e. The number of hydrogen-bond acceptors (Lipinski definition) is 3. The molecule has 5 heteroatoms. The van der Waals surface area contributed by atoms with Gasteiger partial charge in [-0.2, -0.15) is 4.39 Å². The lowest BCUT2D eigenvalue weighted by atomic mass is 10.8. The van der Waals surface area contributed by atoms with Crippen LogP contribution in [0.3, 0.4) is 0 Å². The Morgan fingerprint density at radius 1 is 1.62 bits per heavy atom. The van der Waals surface area contributed by atoms with E-state index in [-0.39, 0.29) is 5.15 Å². The molecule has 0 fully saturated rings. The van der Waals surface area contributed by atoms with Gasteiger partial charge in [-0.15, -0.1) is 10.2 Å². The van der Waals surface area contributed by atoms with Gasteiger partial charge in [-0.05, 0) is 0 Å². The summed E-state index contributed by atoms with van der Waals surface area (Å²) in [5.41, 5.74) is 0. The summed E-state index contributed by atoms with van der Waals surface area (Å²) in [5, 5.41) is 5.84. The molecule has 1 aromatic heterocycles. The maximum atomic E-state index is 12.0. The second kappa shape index (κ2) is 2.00. The molecule has 0 unspecified atom stereocenters. The molecule has 0 atom stereocenters. The lowest BCUT2D eigenvalue weighted by Gasteiger charge is -1.83. The summed E-state index contributed by atoms with van der Waals surface area (Å²) in [7, 11) is 0. The van der Waals surface area contributed by atoms with Crippen molar-refractivity contribution in [2.75, 3.05) is 0 Å². The maximum absolute atomic E-state index is 12.0. The van der Waals surface area contributed by atoms with Crippen LogP contribution in [-0.4, -0.2) is 15.2 Å². The predicted molar refractivity (Wildman–Crippen MR) is 24.8 cm³/mol. The molecule has 8 heavy (non-hydrogen) atoms. The fourth-order valence-corrected chi connectivity index (χ4v) is 0.329. The van der Waals surface area contributed by atoms with E-state index in [2.05, 4.69) is 15.2 Å². The molecular weight excluding hydrogens is 133 g/mol. The third-order valence-corrected chi connectivity index (χ3v) is 0.792. The highest BCUT2D eigenvalue weighted by molar-refractivity contribution is 6.29. The Labute approximate surface area is 49.5 Å². The average Bonchev–Trinajstić information content (AvgIpc) is 1.77. The maximum Gasteiger partial charge on any atom is 0.270 e. The van der Waals surface area contributed by atoms with Gasteiger partial charge in [-0.1, -0.05) is 11.6 Å². The normalized spacial score (nSPS) is 9.25. The summed E-state index contributed by atoms with van der Waals surface area (Å²) >= 11 is 5.12. The van der Waals surface area contributed by atoms with Crippen molar-refractivity contribution in [1.29, 1.82) is 0 Å². The van der Waals surface area contributed by atoms with Gasteiger partial charge in [0.05, 0.1) is 0 Å². The molecule has 0 bridgehead atoms. The first kappa shape index (κ1) is 5.37. The summed E-state index contributed by atoms with van der Waals surface area (Å²) in [6.45, 7) is 0. The number of rotatable bonds is 0. The predicted octanol–water partition coefficient (Wildman–Crippen LogP) is 0.664. The molecule has 0 aromatic carbocycles. The first-order chi connectivity index (χ1) is 3.80. The molecule has 0 aliphatic carbocycles. The Kier molecular flexibility index (Phi) is 1.34. The van der Waals surface area contributed by atoms with Gasteiger partial charge in [0.1, 0.15) is 6.33 Å². The molecule has 1 rings (SSSR count). The van der Waals surface area contributed by atoms with E-state index in [9.17, 15) is 4.39 Å². The SMILES string of the molecule is Fc1nncnc1Cl. The van der Waals surface area contributed by atoms with E-state index >= 15 is 0 Å². The summed E-state index contributed by atoms with van der Waals surface area (Å²) in [6.07, 6.45) is 1.07. The Hall–Kier alpha value is -0.770.